The molecular formula is C12H26Y-2. The van der Waals surface area contributed by atoms with Gasteiger partial charge in [-0.1, -0.05) is 46.5 Å². The van der Waals surface area contributed by atoms with Crippen LogP contribution in [0.5, 0.6) is 0 Å². The molecule has 0 spiro atoms. The molecular weight excluding hydrogens is 233 g/mol. The Morgan fingerprint density at radius 2 is 1.38 bits per heavy atom. The van der Waals surface area contributed by atoms with E-state index in [0.717, 1.165) is 12.3 Å². The van der Waals surface area contributed by atoms with E-state index in [9.17, 15) is 0 Å². The van der Waals surface area contributed by atoms with Crippen molar-refractivity contribution in [2.24, 2.45) is 5.92 Å². The van der Waals surface area contributed by atoms with Gasteiger partial charge in [-0.15, -0.1) is 0 Å². The van der Waals surface area contributed by atoms with E-state index < -0.39 is 0 Å². The maximum Gasteiger partial charge on any atom is 0 e. The van der Waals surface area contributed by atoms with Crippen molar-refractivity contribution < 1.29 is 32.7 Å². The standard InChI is InChI=1S/C7H15.C5H11.Y/c1-4-7(5-2)6-3;1-3-5-4-2;/h7H,1,4-6H2,2-3H3;5H,3-4H2,1-2H3;/q2*-1;. The summed E-state index contributed by atoms with van der Waals surface area (Å²) < 4.78 is 0. The monoisotopic (exact) mass is 259 g/mol. The zero-order chi connectivity index (χ0) is 9.82. The molecule has 79 valence electrons. The van der Waals surface area contributed by atoms with Gasteiger partial charge in [0.2, 0.25) is 0 Å². The third kappa shape index (κ3) is 19.5. The first-order valence-corrected chi connectivity index (χ1v) is 5.37. The van der Waals surface area contributed by atoms with Crippen molar-refractivity contribution in [1.29, 1.82) is 0 Å². The summed E-state index contributed by atoms with van der Waals surface area (Å²) in [6, 6.07) is 0. The summed E-state index contributed by atoms with van der Waals surface area (Å²) >= 11 is 0. The summed E-state index contributed by atoms with van der Waals surface area (Å²) in [6.45, 7) is 12.6. The predicted octanol–water partition coefficient (Wildman–Crippen LogP) is 4.65. The van der Waals surface area contributed by atoms with Gasteiger partial charge in [0.25, 0.3) is 0 Å². The predicted molar refractivity (Wildman–Crippen MR) is 58.9 cm³/mol. The van der Waals surface area contributed by atoms with Crippen LogP contribution in [-0.4, -0.2) is 0 Å². The second-order valence-corrected chi connectivity index (χ2v) is 3.08. The van der Waals surface area contributed by atoms with Crippen LogP contribution in [0, 0.1) is 19.3 Å². The van der Waals surface area contributed by atoms with Gasteiger partial charge in [-0.25, -0.2) is 0 Å². The van der Waals surface area contributed by atoms with Crippen LogP contribution in [0.15, 0.2) is 0 Å². The number of rotatable bonds is 5. The van der Waals surface area contributed by atoms with E-state index >= 15 is 0 Å². The second-order valence-electron chi connectivity index (χ2n) is 3.08. The van der Waals surface area contributed by atoms with Gasteiger partial charge in [-0.05, 0) is 0 Å². The molecule has 0 bridgehead atoms. The molecule has 0 unspecified atom stereocenters. The van der Waals surface area contributed by atoms with Gasteiger partial charge in [0, 0.05) is 32.7 Å². The summed E-state index contributed by atoms with van der Waals surface area (Å²) in [4.78, 5) is 0. The molecule has 0 amide bonds. The van der Waals surface area contributed by atoms with Gasteiger partial charge in [0.15, 0.2) is 0 Å². The first kappa shape index (κ1) is 19.6. The zero-order valence-corrected chi connectivity index (χ0v) is 12.8. The molecule has 0 N–H and O–H groups in total. The molecule has 0 aliphatic carbocycles. The Hall–Kier alpha value is 1.10. The van der Waals surface area contributed by atoms with Crippen molar-refractivity contribution in [3.8, 4) is 0 Å². The molecule has 0 aliphatic heterocycles. The summed E-state index contributed by atoms with van der Waals surface area (Å²) in [5.74, 6) is 0.875. The van der Waals surface area contributed by atoms with E-state index in [-0.39, 0.29) is 32.7 Å². The average Bonchev–Trinajstić information content (AvgIpc) is 2.10. The van der Waals surface area contributed by atoms with Crippen molar-refractivity contribution in [3.05, 3.63) is 13.3 Å². The first-order chi connectivity index (χ1) is 5.76. The van der Waals surface area contributed by atoms with Crippen molar-refractivity contribution in [3.63, 3.8) is 0 Å². The Kier molecular flexibility index (Phi) is 28.4. The van der Waals surface area contributed by atoms with Gasteiger partial charge in [0.05, 0.1) is 0 Å². The molecule has 1 heteroatoms. The fourth-order valence-corrected chi connectivity index (χ4v) is 0.986. The van der Waals surface area contributed by atoms with Crippen molar-refractivity contribution in [1.82, 2.24) is 0 Å². The summed E-state index contributed by atoms with van der Waals surface area (Å²) in [7, 11) is 0. The van der Waals surface area contributed by atoms with E-state index in [2.05, 4.69) is 41.0 Å². The van der Waals surface area contributed by atoms with Crippen LogP contribution in [0.25, 0.3) is 0 Å². The van der Waals surface area contributed by atoms with Crippen LogP contribution in [0.3, 0.4) is 0 Å². The Bertz CT molecular complexity index is 50.6. The van der Waals surface area contributed by atoms with E-state index in [0.29, 0.717) is 0 Å². The minimum absolute atomic E-state index is 0. The van der Waals surface area contributed by atoms with Crippen LogP contribution in [0.4, 0.5) is 0 Å². The third-order valence-electron chi connectivity index (χ3n) is 2.14. The molecule has 0 saturated carbocycles. The normalized spacial score (nSPS) is 8.77. The molecule has 0 aromatic rings. The van der Waals surface area contributed by atoms with Crippen LogP contribution in [-0.2, 0) is 32.7 Å². The van der Waals surface area contributed by atoms with Crippen molar-refractivity contribution in [2.45, 2.75) is 59.8 Å². The Labute approximate surface area is 111 Å². The zero-order valence-electron chi connectivity index (χ0n) is 9.97. The van der Waals surface area contributed by atoms with Crippen LogP contribution in [0.1, 0.15) is 59.8 Å². The molecule has 0 saturated heterocycles. The molecule has 13 heavy (non-hydrogen) atoms. The molecule has 1 radical (unpaired) electrons. The summed E-state index contributed by atoms with van der Waals surface area (Å²) in [5.41, 5.74) is 0. The minimum Gasteiger partial charge on any atom is -0.343 e. The number of hydrogen-bond acceptors (Lipinski definition) is 0. The van der Waals surface area contributed by atoms with Gasteiger partial charge in [0.1, 0.15) is 0 Å². The number of hydrogen-bond donors (Lipinski definition) is 0. The van der Waals surface area contributed by atoms with Crippen LogP contribution in [0.2, 0.25) is 0 Å². The van der Waals surface area contributed by atoms with E-state index in [1.807, 2.05) is 0 Å². The SMILES string of the molecule is CC[CH-]CC.[CH2-]CC(CC)CC.[Y]. The maximum atomic E-state index is 3.83. The average molecular weight is 259 g/mol. The quantitative estimate of drug-likeness (QED) is 0.630. The van der Waals surface area contributed by atoms with E-state index in [1.165, 1.54) is 25.7 Å². The molecule has 0 atom stereocenters. The van der Waals surface area contributed by atoms with Crippen molar-refractivity contribution in [2.75, 3.05) is 0 Å². The summed E-state index contributed by atoms with van der Waals surface area (Å²) in [5, 5.41) is 0. The van der Waals surface area contributed by atoms with Crippen LogP contribution >= 0.6 is 0 Å². The third-order valence-corrected chi connectivity index (χ3v) is 2.14. The second kappa shape index (κ2) is 18.8. The van der Waals surface area contributed by atoms with Gasteiger partial charge >= 0.3 is 0 Å². The Morgan fingerprint density at radius 1 is 1.00 bits per heavy atom. The van der Waals surface area contributed by atoms with E-state index in [1.54, 1.807) is 0 Å². The molecule has 0 rings (SSSR count). The van der Waals surface area contributed by atoms with Crippen LogP contribution < -0.4 is 0 Å². The Morgan fingerprint density at radius 3 is 1.38 bits per heavy atom. The van der Waals surface area contributed by atoms with Gasteiger partial charge < -0.3 is 13.3 Å². The smallest absolute Gasteiger partial charge is 0 e. The largest absolute Gasteiger partial charge is 0.343 e. The Balaban J connectivity index is -0.000000150. The maximum absolute atomic E-state index is 3.83. The molecule has 0 heterocycles. The van der Waals surface area contributed by atoms with Crippen molar-refractivity contribution >= 4 is 0 Å². The minimum atomic E-state index is 0. The first-order valence-electron chi connectivity index (χ1n) is 5.37. The van der Waals surface area contributed by atoms with E-state index in [4.69, 9.17) is 0 Å². The topological polar surface area (TPSA) is 0 Å². The fraction of sp³-hybridized carbons (Fsp3) is 0.833. The molecule has 0 aromatic heterocycles. The van der Waals surface area contributed by atoms with Gasteiger partial charge in [-0.2, -0.15) is 19.3 Å². The molecule has 0 fully saturated rings. The number of unbranched alkanes of at least 4 members (excludes halogenated alkanes) is 2. The fourth-order valence-electron chi connectivity index (χ4n) is 0.986. The molecule has 0 aromatic carbocycles. The molecule has 0 aliphatic rings. The molecule has 0 nitrogen and oxygen atoms in total. The van der Waals surface area contributed by atoms with Gasteiger partial charge in [-0.3, -0.25) is 0 Å². The summed E-state index contributed by atoms with van der Waals surface area (Å²) in [6.07, 6.45) is 8.38.